The number of carbonyl (C=O) groups excluding carboxylic acids is 1. The van der Waals surface area contributed by atoms with E-state index in [4.69, 9.17) is 0 Å². The molecule has 0 spiro atoms. The van der Waals surface area contributed by atoms with Gasteiger partial charge in [0.2, 0.25) is 0 Å². The van der Waals surface area contributed by atoms with Crippen molar-refractivity contribution in [1.29, 1.82) is 0 Å². The molecule has 0 unspecified atom stereocenters. The van der Waals surface area contributed by atoms with Crippen LogP contribution < -0.4 is 0 Å². The normalized spacial score (nSPS) is 24.0. The van der Waals surface area contributed by atoms with E-state index in [0.29, 0.717) is 25.0 Å². The highest BCUT2D eigenvalue weighted by molar-refractivity contribution is 5.82. The Hall–Kier alpha value is -1.33. The summed E-state index contributed by atoms with van der Waals surface area (Å²) in [5.74, 6) is -2.40. The van der Waals surface area contributed by atoms with Crippen LogP contribution in [0.25, 0.3) is 0 Å². The highest BCUT2D eigenvalue weighted by Crippen LogP contribution is 2.45. The fraction of sp³-hybridized carbons (Fsp3) is 0.700. The van der Waals surface area contributed by atoms with Crippen LogP contribution in [-0.4, -0.2) is 26.7 Å². The van der Waals surface area contributed by atoms with Crippen molar-refractivity contribution in [2.24, 2.45) is 0 Å². The predicted molar refractivity (Wildman–Crippen MR) is 50.3 cm³/mol. The average Bonchev–Trinajstić information content (AvgIpc) is 2.56. The van der Waals surface area contributed by atoms with Gasteiger partial charge in [-0.2, -0.15) is 0 Å². The van der Waals surface area contributed by atoms with E-state index in [1.807, 2.05) is 0 Å². The average molecular weight is 227 g/mol. The molecule has 0 radical (unpaired) electrons. The van der Waals surface area contributed by atoms with E-state index in [2.05, 4.69) is 10.3 Å². The van der Waals surface area contributed by atoms with Crippen LogP contribution in [0.5, 0.6) is 0 Å². The fourth-order valence-electron chi connectivity index (χ4n) is 2.37. The minimum absolute atomic E-state index is 0.151. The van der Waals surface area contributed by atoms with Crippen LogP contribution >= 0.6 is 0 Å². The quantitative estimate of drug-likeness (QED) is 0.726. The maximum absolute atomic E-state index is 12.8. The summed E-state index contributed by atoms with van der Waals surface area (Å²) in [7, 11) is 0. The molecule has 0 atom stereocenters. The number of fused-ring (bicyclic) bond motifs is 1. The van der Waals surface area contributed by atoms with Crippen molar-refractivity contribution < 1.29 is 13.6 Å². The minimum atomic E-state index is -2.55. The third-order valence-electron chi connectivity index (χ3n) is 3.29. The van der Waals surface area contributed by atoms with Crippen LogP contribution in [0, 0.1) is 0 Å². The zero-order chi connectivity index (χ0) is 11.3. The first-order valence-corrected chi connectivity index (χ1v) is 5.38. The number of carbonyl (C=O) groups is 1. The van der Waals surface area contributed by atoms with Gasteiger partial charge in [-0.05, 0) is 6.42 Å². The standard InChI is InChI=1S/C10H11F2N3O/c11-10(12)4-6(5-10)15-9-2-1-7(16)3-8(9)13-14-15/h6H,1-5H2. The minimum Gasteiger partial charge on any atom is -0.299 e. The van der Waals surface area contributed by atoms with Gasteiger partial charge >= 0.3 is 0 Å². The summed E-state index contributed by atoms with van der Waals surface area (Å²) in [5.41, 5.74) is 1.55. The van der Waals surface area contributed by atoms with Crippen molar-refractivity contribution in [2.75, 3.05) is 0 Å². The molecule has 0 amide bonds. The molecule has 0 aromatic carbocycles. The van der Waals surface area contributed by atoms with Crippen molar-refractivity contribution in [2.45, 2.75) is 44.1 Å². The molecule has 3 rings (SSSR count). The molecule has 1 fully saturated rings. The number of aromatic nitrogens is 3. The first-order chi connectivity index (χ1) is 7.55. The Morgan fingerprint density at radius 3 is 2.75 bits per heavy atom. The zero-order valence-electron chi connectivity index (χ0n) is 8.62. The second-order valence-electron chi connectivity index (χ2n) is 4.56. The molecule has 16 heavy (non-hydrogen) atoms. The van der Waals surface area contributed by atoms with Gasteiger partial charge in [0, 0.05) is 19.3 Å². The Labute approximate surface area is 90.6 Å². The van der Waals surface area contributed by atoms with Crippen molar-refractivity contribution in [3.63, 3.8) is 0 Å². The van der Waals surface area contributed by atoms with Gasteiger partial charge < -0.3 is 0 Å². The molecular formula is C10H11F2N3O. The van der Waals surface area contributed by atoms with Crippen LogP contribution in [0.3, 0.4) is 0 Å². The van der Waals surface area contributed by atoms with Crippen LogP contribution in [0.1, 0.15) is 36.7 Å². The molecule has 0 N–H and O–H groups in total. The molecule has 2 aliphatic rings. The lowest BCUT2D eigenvalue weighted by atomic mass is 9.87. The van der Waals surface area contributed by atoms with Crippen LogP contribution in [0.2, 0.25) is 0 Å². The number of alkyl halides is 2. The molecule has 86 valence electrons. The van der Waals surface area contributed by atoms with Gasteiger partial charge in [0.25, 0.3) is 5.92 Å². The number of Topliss-reactive ketones (excluding diaryl/α,β-unsaturated/α-hetero) is 1. The number of hydrogen-bond acceptors (Lipinski definition) is 3. The SMILES string of the molecule is O=C1CCc2c(nnn2C2CC(F)(F)C2)C1. The van der Waals surface area contributed by atoms with E-state index in [1.165, 1.54) is 0 Å². The second kappa shape index (κ2) is 3.09. The van der Waals surface area contributed by atoms with Crippen molar-refractivity contribution in [3.8, 4) is 0 Å². The summed E-state index contributed by atoms with van der Waals surface area (Å²) < 4.78 is 27.1. The van der Waals surface area contributed by atoms with Crippen LogP contribution in [0.15, 0.2) is 0 Å². The second-order valence-corrected chi connectivity index (χ2v) is 4.56. The van der Waals surface area contributed by atoms with Gasteiger partial charge in [0.1, 0.15) is 5.78 Å². The van der Waals surface area contributed by atoms with Gasteiger partial charge in [0.05, 0.1) is 23.9 Å². The lowest BCUT2D eigenvalue weighted by molar-refractivity contribution is -0.119. The summed E-state index contributed by atoms with van der Waals surface area (Å²) in [5, 5.41) is 7.81. The molecule has 1 saturated carbocycles. The number of ketones is 1. The smallest absolute Gasteiger partial charge is 0.252 e. The van der Waals surface area contributed by atoms with Gasteiger partial charge in [-0.25, -0.2) is 13.5 Å². The van der Waals surface area contributed by atoms with Gasteiger partial charge in [0.15, 0.2) is 0 Å². The number of rotatable bonds is 1. The Kier molecular flexibility index (Phi) is 1.90. The molecule has 1 aromatic rings. The first-order valence-electron chi connectivity index (χ1n) is 5.38. The molecule has 0 bridgehead atoms. The summed E-state index contributed by atoms with van der Waals surface area (Å²) in [4.78, 5) is 11.2. The molecule has 2 aliphatic carbocycles. The maximum Gasteiger partial charge on any atom is 0.252 e. The third-order valence-corrected chi connectivity index (χ3v) is 3.29. The van der Waals surface area contributed by atoms with Crippen molar-refractivity contribution >= 4 is 5.78 Å². The first kappa shape index (κ1) is 9.86. The molecule has 6 heteroatoms. The molecular weight excluding hydrogens is 216 g/mol. The Bertz CT molecular complexity index is 447. The van der Waals surface area contributed by atoms with E-state index < -0.39 is 5.92 Å². The largest absolute Gasteiger partial charge is 0.299 e. The lowest BCUT2D eigenvalue weighted by Crippen LogP contribution is -2.38. The highest BCUT2D eigenvalue weighted by atomic mass is 19.3. The maximum atomic E-state index is 12.8. The van der Waals surface area contributed by atoms with Crippen molar-refractivity contribution in [1.82, 2.24) is 15.0 Å². The van der Waals surface area contributed by atoms with E-state index in [0.717, 1.165) is 5.69 Å². The van der Waals surface area contributed by atoms with E-state index in [9.17, 15) is 13.6 Å². The molecule has 4 nitrogen and oxygen atoms in total. The number of nitrogens with zero attached hydrogens (tertiary/aromatic N) is 3. The number of hydrogen-bond donors (Lipinski definition) is 0. The van der Waals surface area contributed by atoms with Gasteiger partial charge in [-0.3, -0.25) is 4.79 Å². The number of halogens is 2. The summed E-state index contributed by atoms with van der Waals surface area (Å²) >= 11 is 0. The van der Waals surface area contributed by atoms with E-state index >= 15 is 0 Å². The fourth-order valence-corrected chi connectivity index (χ4v) is 2.37. The lowest BCUT2D eigenvalue weighted by Gasteiger charge is -2.35. The monoisotopic (exact) mass is 227 g/mol. The molecule has 1 heterocycles. The zero-order valence-corrected chi connectivity index (χ0v) is 8.62. The van der Waals surface area contributed by atoms with E-state index in [-0.39, 0.29) is 24.7 Å². The molecule has 1 aromatic heterocycles. The Balaban J connectivity index is 1.85. The Morgan fingerprint density at radius 1 is 1.31 bits per heavy atom. The topological polar surface area (TPSA) is 47.8 Å². The van der Waals surface area contributed by atoms with Crippen LogP contribution in [0.4, 0.5) is 8.78 Å². The summed E-state index contributed by atoms with van der Waals surface area (Å²) in [6.45, 7) is 0. The predicted octanol–water partition coefficient (Wildman–Crippen LogP) is 1.31. The molecule has 0 aliphatic heterocycles. The van der Waals surface area contributed by atoms with Crippen LogP contribution in [-0.2, 0) is 17.6 Å². The van der Waals surface area contributed by atoms with Crippen molar-refractivity contribution in [3.05, 3.63) is 11.4 Å². The van der Waals surface area contributed by atoms with Gasteiger partial charge in [-0.1, -0.05) is 5.21 Å². The highest BCUT2D eigenvalue weighted by Gasteiger charge is 2.47. The Morgan fingerprint density at radius 2 is 2.06 bits per heavy atom. The third kappa shape index (κ3) is 1.44. The van der Waals surface area contributed by atoms with Gasteiger partial charge in [-0.15, -0.1) is 5.10 Å². The van der Waals surface area contributed by atoms with E-state index in [1.54, 1.807) is 4.68 Å². The summed E-state index contributed by atoms with van der Waals surface area (Å²) in [6.07, 6.45) is 1.05. The summed E-state index contributed by atoms with van der Waals surface area (Å²) in [6, 6.07) is -0.237. The molecule has 0 saturated heterocycles.